The highest BCUT2D eigenvalue weighted by atomic mass is 16.2. The minimum atomic E-state index is 0.0357. The third-order valence-corrected chi connectivity index (χ3v) is 4.52. The van der Waals surface area contributed by atoms with Gasteiger partial charge in [0.1, 0.15) is 5.52 Å². The molecule has 0 saturated carbocycles. The van der Waals surface area contributed by atoms with Crippen LogP contribution in [0.4, 0.5) is 5.82 Å². The highest BCUT2D eigenvalue weighted by Crippen LogP contribution is 2.17. The van der Waals surface area contributed by atoms with E-state index in [1.54, 1.807) is 10.9 Å². The van der Waals surface area contributed by atoms with Crippen molar-refractivity contribution in [3.63, 3.8) is 0 Å². The summed E-state index contributed by atoms with van der Waals surface area (Å²) < 4.78 is 1.70. The SMILES string of the molecule is Cn1nnc2cc(C(=O)N3CCCN(c4cccnn4)CC3)ccc21. The molecule has 0 spiro atoms. The molecule has 1 aliphatic heterocycles. The second-order valence-electron chi connectivity index (χ2n) is 6.13. The molecule has 1 aromatic carbocycles. The second kappa shape index (κ2) is 6.46. The van der Waals surface area contributed by atoms with Crippen LogP contribution in [-0.4, -0.2) is 62.2 Å². The Hall–Kier alpha value is -3.03. The summed E-state index contributed by atoms with van der Waals surface area (Å²) in [5.41, 5.74) is 2.31. The smallest absolute Gasteiger partial charge is 0.253 e. The molecule has 1 amide bonds. The molecule has 8 nitrogen and oxygen atoms in total. The molecule has 1 aliphatic rings. The standard InChI is InChI=1S/C17H19N7O/c1-22-15-6-5-13(12-14(15)19-21-22)17(25)24-9-3-8-23(10-11-24)16-4-2-7-18-20-16/h2,4-7,12H,3,8-11H2,1H3. The van der Waals surface area contributed by atoms with Crippen molar-refractivity contribution in [3.8, 4) is 0 Å². The van der Waals surface area contributed by atoms with Crippen LogP contribution in [0.15, 0.2) is 36.5 Å². The number of benzene rings is 1. The average molecular weight is 337 g/mol. The number of amides is 1. The minimum Gasteiger partial charge on any atom is -0.353 e. The summed E-state index contributed by atoms with van der Waals surface area (Å²) in [6.07, 6.45) is 2.56. The lowest BCUT2D eigenvalue weighted by Gasteiger charge is -2.22. The van der Waals surface area contributed by atoms with Crippen molar-refractivity contribution in [2.75, 3.05) is 31.1 Å². The lowest BCUT2D eigenvalue weighted by molar-refractivity contribution is 0.0767. The van der Waals surface area contributed by atoms with Crippen LogP contribution in [0.2, 0.25) is 0 Å². The Balaban J connectivity index is 1.50. The van der Waals surface area contributed by atoms with Crippen LogP contribution in [-0.2, 0) is 7.05 Å². The fourth-order valence-electron chi connectivity index (χ4n) is 3.17. The van der Waals surface area contributed by atoms with E-state index in [2.05, 4.69) is 25.4 Å². The maximum Gasteiger partial charge on any atom is 0.253 e. The normalized spacial score (nSPS) is 15.4. The number of hydrogen-bond donors (Lipinski definition) is 0. The maximum atomic E-state index is 12.9. The van der Waals surface area contributed by atoms with Gasteiger partial charge >= 0.3 is 0 Å². The van der Waals surface area contributed by atoms with E-state index in [0.29, 0.717) is 12.1 Å². The summed E-state index contributed by atoms with van der Waals surface area (Å²) in [5, 5.41) is 16.2. The molecule has 8 heteroatoms. The number of fused-ring (bicyclic) bond motifs is 1. The van der Waals surface area contributed by atoms with E-state index >= 15 is 0 Å². The number of aryl methyl sites for hydroxylation is 1. The number of carbonyl (C=O) groups excluding carboxylic acids is 1. The Labute approximate surface area is 145 Å². The lowest BCUT2D eigenvalue weighted by Crippen LogP contribution is -2.35. The number of rotatable bonds is 2. The first kappa shape index (κ1) is 15.5. The molecule has 2 aromatic heterocycles. The fraction of sp³-hybridized carbons (Fsp3) is 0.353. The molecule has 0 aliphatic carbocycles. The van der Waals surface area contributed by atoms with Gasteiger partial charge in [0.15, 0.2) is 5.82 Å². The zero-order chi connectivity index (χ0) is 17.2. The molecular formula is C17H19N7O. The molecule has 1 fully saturated rings. The Bertz CT molecular complexity index is 892. The molecule has 0 atom stereocenters. The van der Waals surface area contributed by atoms with E-state index in [1.807, 2.05) is 42.3 Å². The van der Waals surface area contributed by atoms with Crippen molar-refractivity contribution in [2.24, 2.45) is 7.05 Å². The van der Waals surface area contributed by atoms with Crippen LogP contribution in [0.1, 0.15) is 16.8 Å². The van der Waals surface area contributed by atoms with E-state index in [4.69, 9.17) is 0 Å². The Morgan fingerprint density at radius 1 is 1.08 bits per heavy atom. The van der Waals surface area contributed by atoms with E-state index in [1.165, 1.54) is 0 Å². The van der Waals surface area contributed by atoms with Gasteiger partial charge in [-0.2, -0.15) is 5.10 Å². The van der Waals surface area contributed by atoms with Gasteiger partial charge < -0.3 is 9.80 Å². The summed E-state index contributed by atoms with van der Waals surface area (Å²) in [7, 11) is 1.84. The molecule has 3 heterocycles. The number of carbonyl (C=O) groups is 1. The van der Waals surface area contributed by atoms with Gasteiger partial charge in [0.2, 0.25) is 0 Å². The minimum absolute atomic E-state index is 0.0357. The van der Waals surface area contributed by atoms with Crippen molar-refractivity contribution in [1.82, 2.24) is 30.1 Å². The summed E-state index contributed by atoms with van der Waals surface area (Å²) in [5.74, 6) is 0.895. The van der Waals surface area contributed by atoms with E-state index in [9.17, 15) is 4.79 Å². The van der Waals surface area contributed by atoms with Crippen LogP contribution in [0.25, 0.3) is 11.0 Å². The van der Waals surface area contributed by atoms with Gasteiger partial charge in [-0.1, -0.05) is 5.21 Å². The Kier molecular flexibility index (Phi) is 4.01. The van der Waals surface area contributed by atoms with Crippen LogP contribution in [0, 0.1) is 0 Å². The lowest BCUT2D eigenvalue weighted by atomic mass is 10.1. The van der Waals surface area contributed by atoms with Crippen LogP contribution >= 0.6 is 0 Å². The van der Waals surface area contributed by atoms with Crippen molar-refractivity contribution in [3.05, 3.63) is 42.1 Å². The topological polar surface area (TPSA) is 80.0 Å². The molecular weight excluding hydrogens is 318 g/mol. The molecule has 25 heavy (non-hydrogen) atoms. The molecule has 3 aromatic rings. The van der Waals surface area contributed by atoms with Gasteiger partial charge in [0.25, 0.3) is 5.91 Å². The van der Waals surface area contributed by atoms with E-state index < -0.39 is 0 Å². The molecule has 4 rings (SSSR count). The van der Waals surface area contributed by atoms with Gasteiger partial charge in [0.05, 0.1) is 5.52 Å². The van der Waals surface area contributed by atoms with E-state index in [-0.39, 0.29) is 5.91 Å². The van der Waals surface area contributed by atoms with Gasteiger partial charge in [-0.25, -0.2) is 4.68 Å². The van der Waals surface area contributed by atoms with Gasteiger partial charge in [-0.05, 0) is 36.8 Å². The zero-order valence-corrected chi connectivity index (χ0v) is 14.0. The number of anilines is 1. The molecule has 0 unspecified atom stereocenters. The van der Waals surface area contributed by atoms with Crippen molar-refractivity contribution in [1.29, 1.82) is 0 Å². The predicted molar refractivity (Wildman–Crippen MR) is 93.3 cm³/mol. The zero-order valence-electron chi connectivity index (χ0n) is 14.0. The summed E-state index contributed by atoms with van der Waals surface area (Å²) in [6, 6.07) is 9.39. The van der Waals surface area contributed by atoms with Crippen molar-refractivity contribution >= 4 is 22.8 Å². The van der Waals surface area contributed by atoms with Crippen molar-refractivity contribution in [2.45, 2.75) is 6.42 Å². The number of nitrogens with zero attached hydrogens (tertiary/aromatic N) is 7. The molecule has 0 radical (unpaired) electrons. The van der Waals surface area contributed by atoms with Gasteiger partial charge in [0, 0.05) is 45.0 Å². The maximum absolute atomic E-state index is 12.9. The molecule has 0 bridgehead atoms. The summed E-state index contributed by atoms with van der Waals surface area (Å²) >= 11 is 0. The first-order valence-electron chi connectivity index (χ1n) is 8.34. The van der Waals surface area contributed by atoms with E-state index in [0.717, 1.165) is 42.9 Å². The largest absolute Gasteiger partial charge is 0.353 e. The quantitative estimate of drug-likeness (QED) is 0.697. The van der Waals surface area contributed by atoms with Crippen LogP contribution in [0.5, 0.6) is 0 Å². The number of hydrogen-bond acceptors (Lipinski definition) is 6. The monoisotopic (exact) mass is 337 g/mol. The average Bonchev–Trinajstić information content (AvgIpc) is 2.87. The Morgan fingerprint density at radius 3 is 2.84 bits per heavy atom. The van der Waals surface area contributed by atoms with Crippen LogP contribution < -0.4 is 4.90 Å². The van der Waals surface area contributed by atoms with Gasteiger partial charge in [-0.3, -0.25) is 4.79 Å². The summed E-state index contributed by atoms with van der Waals surface area (Å²) in [4.78, 5) is 16.9. The Morgan fingerprint density at radius 2 is 2.00 bits per heavy atom. The molecule has 0 N–H and O–H groups in total. The highest BCUT2D eigenvalue weighted by Gasteiger charge is 2.21. The highest BCUT2D eigenvalue weighted by molar-refractivity contribution is 5.97. The fourth-order valence-corrected chi connectivity index (χ4v) is 3.17. The van der Waals surface area contributed by atoms with Crippen molar-refractivity contribution < 1.29 is 4.79 Å². The third kappa shape index (κ3) is 3.02. The third-order valence-electron chi connectivity index (χ3n) is 4.52. The summed E-state index contributed by atoms with van der Waals surface area (Å²) in [6.45, 7) is 3.01. The predicted octanol–water partition coefficient (Wildman–Crippen LogP) is 1.11. The first-order chi connectivity index (χ1) is 12.2. The van der Waals surface area contributed by atoms with Crippen LogP contribution in [0.3, 0.4) is 0 Å². The van der Waals surface area contributed by atoms with Gasteiger partial charge in [-0.15, -0.1) is 10.2 Å². The molecule has 1 saturated heterocycles. The first-order valence-corrected chi connectivity index (χ1v) is 8.34. The number of aromatic nitrogens is 5. The molecule has 128 valence electrons. The second-order valence-corrected chi connectivity index (χ2v) is 6.13.